The number of esters is 1. The van der Waals surface area contributed by atoms with E-state index in [0.717, 1.165) is 57.8 Å². The summed E-state index contributed by atoms with van der Waals surface area (Å²) in [5, 5.41) is 54.3. The van der Waals surface area contributed by atoms with Gasteiger partial charge in [-0.15, -0.1) is 0 Å². The Labute approximate surface area is 517 Å². The maximum atomic E-state index is 13.0. The van der Waals surface area contributed by atoms with E-state index in [-0.39, 0.29) is 18.5 Å². The van der Waals surface area contributed by atoms with Crippen LogP contribution >= 0.6 is 0 Å². The molecular formula is C73H137NO10. The quantitative estimate of drug-likeness (QED) is 0.0195. The zero-order chi connectivity index (χ0) is 60.9. The Morgan fingerprint density at radius 3 is 1.14 bits per heavy atom. The molecule has 0 aromatic heterocycles. The Kier molecular flexibility index (Phi) is 59.4. The van der Waals surface area contributed by atoms with Crippen LogP contribution in [0.15, 0.2) is 36.5 Å². The fourth-order valence-electron chi connectivity index (χ4n) is 11.5. The van der Waals surface area contributed by atoms with E-state index in [9.17, 15) is 35.1 Å². The summed E-state index contributed by atoms with van der Waals surface area (Å²) in [5.74, 6) is -0.176. The first-order chi connectivity index (χ1) is 41.2. The first kappa shape index (κ1) is 79.9. The number of carbonyl (C=O) groups excluding carboxylic acids is 2. The molecule has 11 heteroatoms. The van der Waals surface area contributed by atoms with Gasteiger partial charge in [0, 0.05) is 12.8 Å². The van der Waals surface area contributed by atoms with Gasteiger partial charge in [-0.25, -0.2) is 0 Å². The maximum Gasteiger partial charge on any atom is 0.305 e. The Bertz CT molecular complexity index is 1490. The lowest BCUT2D eigenvalue weighted by Gasteiger charge is -2.40. The number of rotatable bonds is 64. The van der Waals surface area contributed by atoms with Crippen molar-refractivity contribution < 1.29 is 49.3 Å². The van der Waals surface area contributed by atoms with Crippen LogP contribution in [0.1, 0.15) is 354 Å². The van der Waals surface area contributed by atoms with Crippen molar-refractivity contribution in [3.05, 3.63) is 36.5 Å². The van der Waals surface area contributed by atoms with E-state index < -0.39 is 49.5 Å². The third-order valence-electron chi connectivity index (χ3n) is 17.2. The van der Waals surface area contributed by atoms with Crippen molar-refractivity contribution in [2.45, 2.75) is 397 Å². The van der Waals surface area contributed by atoms with Gasteiger partial charge in [-0.1, -0.05) is 294 Å². The number of aliphatic hydroxyl groups excluding tert-OH is 5. The zero-order valence-electron chi connectivity index (χ0n) is 54.9. The molecule has 0 bridgehead atoms. The number of unbranched alkanes of at least 4 members (excludes halogenated alkanes) is 46. The predicted molar refractivity (Wildman–Crippen MR) is 352 cm³/mol. The number of allylic oxidation sites excluding steroid dienone is 5. The normalized spacial score (nSPS) is 18.2. The van der Waals surface area contributed by atoms with Gasteiger partial charge in [0.1, 0.15) is 24.4 Å². The number of hydrogen-bond donors (Lipinski definition) is 6. The molecule has 1 aliphatic heterocycles. The molecule has 1 rings (SSSR count). The van der Waals surface area contributed by atoms with Crippen LogP contribution in [0.3, 0.4) is 0 Å². The van der Waals surface area contributed by atoms with Crippen LogP contribution in [-0.4, -0.2) is 100 Å². The van der Waals surface area contributed by atoms with Crippen LogP contribution < -0.4 is 5.32 Å². The average Bonchev–Trinajstić information content (AvgIpc) is 3.55. The van der Waals surface area contributed by atoms with Gasteiger partial charge in [-0.2, -0.15) is 0 Å². The molecule has 0 radical (unpaired) electrons. The first-order valence-electron chi connectivity index (χ1n) is 36.3. The van der Waals surface area contributed by atoms with E-state index in [2.05, 4.69) is 43.5 Å². The van der Waals surface area contributed by atoms with Gasteiger partial charge in [0.15, 0.2) is 6.29 Å². The van der Waals surface area contributed by atoms with Crippen molar-refractivity contribution >= 4 is 11.9 Å². The lowest BCUT2D eigenvalue weighted by Crippen LogP contribution is -2.60. The van der Waals surface area contributed by atoms with Crippen LogP contribution in [0.4, 0.5) is 0 Å². The largest absolute Gasteiger partial charge is 0.466 e. The first-order valence-corrected chi connectivity index (χ1v) is 36.3. The van der Waals surface area contributed by atoms with E-state index in [1.54, 1.807) is 6.08 Å². The second kappa shape index (κ2) is 62.5. The van der Waals surface area contributed by atoms with Crippen LogP contribution in [0.5, 0.6) is 0 Å². The van der Waals surface area contributed by atoms with Gasteiger partial charge in [-0.05, 0) is 83.5 Å². The summed E-state index contributed by atoms with van der Waals surface area (Å²) in [6.45, 7) is 4.34. The molecule has 6 N–H and O–H groups in total. The van der Waals surface area contributed by atoms with E-state index >= 15 is 0 Å². The Hall–Kier alpha value is -2.12. The summed E-state index contributed by atoms with van der Waals surface area (Å²) in [6.07, 6.45) is 70.1. The fraction of sp³-hybridized carbons (Fsp3) is 0.890. The molecule has 0 aliphatic carbocycles. The van der Waals surface area contributed by atoms with Gasteiger partial charge >= 0.3 is 5.97 Å². The molecule has 1 heterocycles. The van der Waals surface area contributed by atoms with Crippen molar-refractivity contribution in [3.8, 4) is 0 Å². The minimum Gasteiger partial charge on any atom is -0.466 e. The smallest absolute Gasteiger partial charge is 0.305 e. The van der Waals surface area contributed by atoms with Crippen LogP contribution in [-0.2, 0) is 23.8 Å². The van der Waals surface area contributed by atoms with E-state index in [1.165, 1.54) is 270 Å². The number of nitrogens with one attached hydrogen (secondary N) is 1. The van der Waals surface area contributed by atoms with Crippen molar-refractivity contribution in [1.29, 1.82) is 0 Å². The highest BCUT2D eigenvalue weighted by Gasteiger charge is 2.44. The summed E-state index contributed by atoms with van der Waals surface area (Å²) < 4.78 is 16.7. The molecule has 1 amide bonds. The van der Waals surface area contributed by atoms with Crippen molar-refractivity contribution in [1.82, 2.24) is 5.32 Å². The molecule has 0 spiro atoms. The van der Waals surface area contributed by atoms with E-state index in [1.807, 2.05) is 6.08 Å². The molecule has 0 aromatic carbocycles. The van der Waals surface area contributed by atoms with Crippen molar-refractivity contribution in [3.63, 3.8) is 0 Å². The number of carbonyl (C=O) groups is 2. The topological polar surface area (TPSA) is 175 Å². The highest BCUT2D eigenvalue weighted by atomic mass is 16.7. The number of amides is 1. The molecule has 1 saturated heterocycles. The molecule has 1 aliphatic rings. The number of aliphatic hydroxyl groups is 5. The fourth-order valence-corrected chi connectivity index (χ4v) is 11.5. The van der Waals surface area contributed by atoms with Crippen molar-refractivity contribution in [2.24, 2.45) is 0 Å². The summed E-state index contributed by atoms with van der Waals surface area (Å²) in [6, 6.07) is -0.809. The second-order valence-corrected chi connectivity index (χ2v) is 25.3. The number of ether oxygens (including phenoxy) is 3. The second-order valence-electron chi connectivity index (χ2n) is 25.3. The molecule has 494 valence electrons. The van der Waals surface area contributed by atoms with Crippen LogP contribution in [0, 0.1) is 0 Å². The summed E-state index contributed by atoms with van der Waals surface area (Å²) >= 11 is 0. The highest BCUT2D eigenvalue weighted by molar-refractivity contribution is 5.76. The maximum absolute atomic E-state index is 13.0. The zero-order valence-corrected chi connectivity index (χ0v) is 54.9. The average molecular weight is 1190 g/mol. The molecule has 7 atom stereocenters. The lowest BCUT2D eigenvalue weighted by atomic mass is 9.99. The van der Waals surface area contributed by atoms with Gasteiger partial charge in [0.25, 0.3) is 0 Å². The minimum absolute atomic E-state index is 0.00666. The number of hydrogen-bond acceptors (Lipinski definition) is 10. The highest BCUT2D eigenvalue weighted by Crippen LogP contribution is 2.23. The van der Waals surface area contributed by atoms with Crippen LogP contribution in [0.2, 0.25) is 0 Å². The molecule has 1 fully saturated rings. The molecule has 0 aromatic rings. The Balaban J connectivity index is 1.90. The molecule has 0 saturated carbocycles. The summed E-state index contributed by atoms with van der Waals surface area (Å²) in [4.78, 5) is 25.1. The summed E-state index contributed by atoms with van der Waals surface area (Å²) in [7, 11) is 0. The third kappa shape index (κ3) is 50.8. The molecular weight excluding hydrogens is 1050 g/mol. The van der Waals surface area contributed by atoms with Gasteiger partial charge in [0.05, 0.1) is 32.0 Å². The molecule has 84 heavy (non-hydrogen) atoms. The van der Waals surface area contributed by atoms with Gasteiger partial charge in [0.2, 0.25) is 5.91 Å². The third-order valence-corrected chi connectivity index (χ3v) is 17.2. The molecule has 7 unspecified atom stereocenters. The minimum atomic E-state index is -1.57. The van der Waals surface area contributed by atoms with Crippen molar-refractivity contribution in [2.75, 3.05) is 19.8 Å². The van der Waals surface area contributed by atoms with Crippen LogP contribution in [0.25, 0.3) is 0 Å². The SMILES string of the molecule is CCCCCCCC/C=C\CCCCCCCCCCCC(=O)OCCCCCCCCCCCCCC/C=C\CCCCCCCCCCCCCCC(=O)NC(COC1OC(CO)C(O)C(O)C1O)C(O)/C=C/CCCCCCCCC. The van der Waals surface area contributed by atoms with Gasteiger partial charge < -0.3 is 45.1 Å². The van der Waals surface area contributed by atoms with E-state index in [0.29, 0.717) is 19.4 Å². The Morgan fingerprint density at radius 1 is 0.429 bits per heavy atom. The van der Waals surface area contributed by atoms with E-state index in [4.69, 9.17) is 14.2 Å². The molecule has 11 nitrogen and oxygen atoms in total. The Morgan fingerprint density at radius 2 is 0.762 bits per heavy atom. The monoisotopic (exact) mass is 1190 g/mol. The lowest BCUT2D eigenvalue weighted by molar-refractivity contribution is -0.302. The predicted octanol–water partition coefficient (Wildman–Crippen LogP) is 18.6. The van der Waals surface area contributed by atoms with Gasteiger partial charge in [-0.3, -0.25) is 9.59 Å². The summed E-state index contributed by atoms with van der Waals surface area (Å²) in [5.41, 5.74) is 0. The standard InChI is InChI=1S/C73H137NO10/c1-3-5-7-9-11-13-14-15-16-17-28-32-35-38-41-45-49-53-57-61-69(78)82-62-58-54-50-46-42-39-36-33-30-27-25-23-21-19-18-20-22-24-26-29-31-34-37-40-44-48-52-56-60-68(77)74-65(66(76)59-55-51-47-43-12-10-8-6-4-2)64-83-73-72(81)71(80)70(79)67(63-75)84-73/h15-16,18-19,55,59,65-67,70-73,75-76,79-81H,3-14,17,20-54,56-58,60-64H2,1-2H3,(H,74,77)/b16-15-,19-18-,59-55+.